The van der Waals surface area contributed by atoms with Gasteiger partial charge < -0.3 is 31.2 Å². The Labute approximate surface area is 248 Å². The number of esters is 1. The summed E-state index contributed by atoms with van der Waals surface area (Å²) in [6.07, 6.45) is 0.0477. The van der Waals surface area contributed by atoms with Crippen molar-refractivity contribution in [2.45, 2.75) is 97.1 Å². The number of rotatable bonds is 15. The van der Waals surface area contributed by atoms with Gasteiger partial charge in [-0.3, -0.25) is 19.2 Å². The van der Waals surface area contributed by atoms with Crippen molar-refractivity contribution >= 4 is 23.7 Å². The van der Waals surface area contributed by atoms with E-state index in [4.69, 9.17) is 15.0 Å². The Morgan fingerprint density at radius 3 is 2.12 bits per heavy atom. The lowest BCUT2D eigenvalue weighted by molar-refractivity contribution is -0.403. The predicted octanol–water partition coefficient (Wildman–Crippen LogP) is 1.81. The number of amides is 3. The molecule has 0 aromatic heterocycles. The third-order valence-corrected chi connectivity index (χ3v) is 6.01. The number of benzene rings is 1. The number of carbonyl (C=O) groups is 4. The smallest absolute Gasteiger partial charge is 0.312 e. The van der Waals surface area contributed by atoms with Crippen LogP contribution in [0.25, 0.3) is 10.4 Å². The number of hydrogen-bond donors (Lipinski definition) is 4. The molecular weight excluding hydrogens is 542 g/mol. The molecule has 42 heavy (non-hydrogen) atoms. The molecule has 0 saturated carbocycles. The zero-order valence-corrected chi connectivity index (χ0v) is 26.2. The molecule has 0 bridgehead atoms. The van der Waals surface area contributed by atoms with E-state index in [0.717, 1.165) is 5.56 Å². The summed E-state index contributed by atoms with van der Waals surface area (Å²) in [7, 11) is 0. The molecule has 13 heteroatoms. The molecule has 13 nitrogen and oxygen atoms in total. The van der Waals surface area contributed by atoms with Crippen molar-refractivity contribution in [1.82, 2.24) is 16.0 Å². The van der Waals surface area contributed by atoms with Crippen LogP contribution >= 0.6 is 0 Å². The van der Waals surface area contributed by atoms with Crippen LogP contribution in [0.2, 0.25) is 0 Å². The SMILES string of the molecule is CC(C)(C)OC[C@H](NC(=O)[C@@H]([NH3+])CC(=O)OC(C)(C)C)C(=O)NC(C)(C)[C@@H](Cc1ccccc1)C(=O)NCCN=[N+]=[N-]. The Kier molecular flexibility index (Phi) is 13.9. The largest absolute Gasteiger partial charge is 0.460 e. The average molecular weight is 591 g/mol. The highest BCUT2D eigenvalue weighted by Crippen LogP contribution is 2.23. The molecule has 0 fully saturated rings. The summed E-state index contributed by atoms with van der Waals surface area (Å²) in [4.78, 5) is 54.8. The Balaban J connectivity index is 3.15. The molecule has 1 rings (SSSR count). The van der Waals surface area contributed by atoms with Gasteiger partial charge in [-0.05, 0) is 72.9 Å². The van der Waals surface area contributed by atoms with Gasteiger partial charge in [0.15, 0.2) is 6.04 Å². The summed E-state index contributed by atoms with van der Waals surface area (Å²) >= 11 is 0. The van der Waals surface area contributed by atoms with E-state index in [1.54, 1.807) is 34.6 Å². The minimum Gasteiger partial charge on any atom is -0.460 e. The van der Waals surface area contributed by atoms with Gasteiger partial charge in [0, 0.05) is 23.5 Å². The summed E-state index contributed by atoms with van der Waals surface area (Å²) in [5.74, 6) is -2.82. The van der Waals surface area contributed by atoms with Crippen molar-refractivity contribution in [3.05, 3.63) is 46.3 Å². The Bertz CT molecular complexity index is 1110. The van der Waals surface area contributed by atoms with Crippen LogP contribution in [-0.4, -0.2) is 72.2 Å². The van der Waals surface area contributed by atoms with Gasteiger partial charge in [0.05, 0.1) is 18.1 Å². The first kappa shape index (κ1) is 36.4. The molecule has 0 unspecified atom stereocenters. The van der Waals surface area contributed by atoms with Crippen molar-refractivity contribution in [2.24, 2.45) is 11.0 Å². The topological polar surface area (TPSA) is 199 Å². The molecule has 1 aromatic rings. The average Bonchev–Trinajstić information content (AvgIpc) is 2.85. The van der Waals surface area contributed by atoms with E-state index < -0.39 is 52.5 Å². The molecular formula is C29H48N7O6+. The molecule has 0 spiro atoms. The first-order valence-corrected chi connectivity index (χ1v) is 14.0. The molecule has 6 N–H and O–H groups in total. The van der Waals surface area contributed by atoms with Crippen molar-refractivity contribution in [3.8, 4) is 0 Å². The van der Waals surface area contributed by atoms with Crippen LogP contribution in [0.3, 0.4) is 0 Å². The Morgan fingerprint density at radius 2 is 1.57 bits per heavy atom. The van der Waals surface area contributed by atoms with Gasteiger partial charge in [-0.25, -0.2) is 0 Å². The van der Waals surface area contributed by atoms with Crippen molar-refractivity contribution in [2.75, 3.05) is 19.7 Å². The molecule has 0 aliphatic heterocycles. The van der Waals surface area contributed by atoms with E-state index in [2.05, 4.69) is 31.7 Å². The van der Waals surface area contributed by atoms with Crippen molar-refractivity contribution in [1.29, 1.82) is 0 Å². The van der Waals surface area contributed by atoms with Crippen LogP contribution in [0.5, 0.6) is 0 Å². The highest BCUT2D eigenvalue weighted by atomic mass is 16.6. The number of carbonyl (C=O) groups excluding carboxylic acids is 4. The van der Waals surface area contributed by atoms with Gasteiger partial charge in [0.25, 0.3) is 5.91 Å². The molecule has 3 amide bonds. The number of ether oxygens (including phenoxy) is 2. The van der Waals surface area contributed by atoms with E-state index in [1.165, 1.54) is 0 Å². The lowest BCUT2D eigenvalue weighted by Gasteiger charge is -2.36. The van der Waals surface area contributed by atoms with Crippen molar-refractivity contribution < 1.29 is 34.4 Å². The van der Waals surface area contributed by atoms with Crippen LogP contribution in [0, 0.1) is 5.92 Å². The molecule has 0 aliphatic rings. The fourth-order valence-corrected chi connectivity index (χ4v) is 3.90. The summed E-state index contributed by atoms with van der Waals surface area (Å²) in [6.45, 7) is 14.1. The maximum Gasteiger partial charge on any atom is 0.312 e. The second kappa shape index (κ2) is 16.1. The van der Waals surface area contributed by atoms with Gasteiger partial charge in [-0.1, -0.05) is 35.4 Å². The van der Waals surface area contributed by atoms with Crippen LogP contribution in [-0.2, 0) is 35.1 Å². The van der Waals surface area contributed by atoms with E-state index >= 15 is 0 Å². The molecule has 0 heterocycles. The molecule has 0 aliphatic carbocycles. The number of nitrogens with one attached hydrogen (secondary N) is 3. The van der Waals surface area contributed by atoms with Gasteiger partial charge >= 0.3 is 5.97 Å². The van der Waals surface area contributed by atoms with Crippen molar-refractivity contribution in [3.63, 3.8) is 0 Å². The first-order valence-electron chi connectivity index (χ1n) is 14.0. The summed E-state index contributed by atoms with van der Waals surface area (Å²) in [5, 5.41) is 11.8. The molecule has 234 valence electrons. The highest BCUT2D eigenvalue weighted by molar-refractivity contribution is 5.91. The molecule has 0 saturated heterocycles. The monoisotopic (exact) mass is 590 g/mol. The Hall–Kier alpha value is -3.67. The third kappa shape index (κ3) is 14.3. The Morgan fingerprint density at radius 1 is 0.952 bits per heavy atom. The zero-order chi connectivity index (χ0) is 32.1. The predicted molar refractivity (Wildman–Crippen MR) is 158 cm³/mol. The van der Waals surface area contributed by atoms with Gasteiger partial charge in [0.2, 0.25) is 11.8 Å². The van der Waals surface area contributed by atoms with E-state index in [-0.39, 0.29) is 32.0 Å². The van der Waals surface area contributed by atoms with E-state index in [9.17, 15) is 19.2 Å². The van der Waals surface area contributed by atoms with Gasteiger partial charge in [0.1, 0.15) is 18.1 Å². The molecule has 3 atom stereocenters. The van der Waals surface area contributed by atoms with E-state index in [0.29, 0.717) is 6.42 Å². The minimum absolute atomic E-state index is 0.0842. The lowest BCUT2D eigenvalue weighted by atomic mass is 9.81. The maximum absolute atomic E-state index is 13.6. The summed E-state index contributed by atoms with van der Waals surface area (Å²) < 4.78 is 11.1. The second-order valence-corrected chi connectivity index (χ2v) is 12.7. The lowest BCUT2D eigenvalue weighted by Crippen LogP contribution is -2.70. The van der Waals surface area contributed by atoms with Gasteiger partial charge in [-0.15, -0.1) is 0 Å². The van der Waals surface area contributed by atoms with Crippen LogP contribution in [0.1, 0.15) is 67.4 Å². The maximum atomic E-state index is 13.6. The van der Waals surface area contributed by atoms with Crippen LogP contribution < -0.4 is 21.7 Å². The number of nitrogens with zero attached hydrogens (tertiary/aromatic N) is 3. The number of quaternary nitrogens is 1. The number of hydrogen-bond acceptors (Lipinski definition) is 7. The first-order chi connectivity index (χ1) is 19.3. The summed E-state index contributed by atoms with van der Waals surface area (Å²) in [6, 6.07) is 7.22. The highest BCUT2D eigenvalue weighted by Gasteiger charge is 2.39. The zero-order valence-electron chi connectivity index (χ0n) is 26.2. The fraction of sp³-hybridized carbons (Fsp3) is 0.655. The van der Waals surface area contributed by atoms with E-state index in [1.807, 2.05) is 51.1 Å². The van der Waals surface area contributed by atoms with Crippen LogP contribution in [0.15, 0.2) is 35.4 Å². The molecule has 1 aromatic carbocycles. The summed E-state index contributed by atoms with van der Waals surface area (Å²) in [5.41, 5.74) is 10.8. The quantitative estimate of drug-likeness (QED) is 0.0789. The fourth-order valence-electron chi connectivity index (χ4n) is 3.90. The minimum atomic E-state index is -1.13. The normalized spacial score (nSPS) is 14.0. The van der Waals surface area contributed by atoms with Gasteiger partial charge in [-0.2, -0.15) is 0 Å². The number of azide groups is 1. The third-order valence-electron chi connectivity index (χ3n) is 6.01. The second-order valence-electron chi connectivity index (χ2n) is 12.7. The molecule has 0 radical (unpaired) electrons. The standard InChI is InChI=1S/C29H47N7O6/c1-27(2,3)41-18-22(34-25(39)21(30)17-23(37)42-28(4,5)6)26(40)35-29(7,8)20(16-19-12-10-9-11-13-19)24(38)32-14-15-33-36-31/h9-13,20-22H,14-18,30H2,1-8H3,(H,32,38)(H,34,39)(H,35,40)/p+1/t20-,21-,22-/m0/s1. The van der Waals surface area contributed by atoms with Crippen LogP contribution in [0.4, 0.5) is 0 Å².